The monoisotopic (exact) mass is 609 g/mol. The van der Waals surface area contributed by atoms with Crippen LogP contribution in [0.3, 0.4) is 0 Å². The zero-order valence-electron chi connectivity index (χ0n) is 25.5. The van der Waals surface area contributed by atoms with Gasteiger partial charge in [-0.15, -0.1) is 0 Å². The highest BCUT2D eigenvalue weighted by atomic mass is 16.3. The maximum atomic E-state index is 6.56. The van der Waals surface area contributed by atoms with Crippen molar-refractivity contribution >= 4 is 70.9 Å². The summed E-state index contributed by atoms with van der Waals surface area (Å²) in [5, 5.41) is 8.33. The molecule has 0 radical (unpaired) electrons. The third-order valence-electron chi connectivity index (χ3n) is 10.4. The number of rotatable bonds is 2. The molecule has 4 aromatic heterocycles. The minimum absolute atomic E-state index is 0.726. The smallest absolute Gasteiger partial charge is 0.160 e. The fourth-order valence-electron chi connectivity index (χ4n) is 8.50. The molecule has 220 valence electrons. The van der Waals surface area contributed by atoms with Crippen LogP contribution in [0.2, 0.25) is 0 Å². The third-order valence-corrected chi connectivity index (χ3v) is 10.4. The first-order valence-corrected chi connectivity index (χ1v) is 16.3. The van der Waals surface area contributed by atoms with Crippen LogP contribution in [0.15, 0.2) is 144 Å². The minimum atomic E-state index is 0.726. The fourth-order valence-corrected chi connectivity index (χ4v) is 8.50. The molecule has 11 aromatic rings. The number of benzene rings is 7. The number of nitrogens with zero attached hydrogens (tertiary/aromatic N) is 3. The first kappa shape index (κ1) is 24.7. The van der Waals surface area contributed by atoms with Crippen LogP contribution >= 0.6 is 0 Å². The zero-order valence-corrected chi connectivity index (χ0v) is 25.5. The van der Waals surface area contributed by atoms with Gasteiger partial charge in [-0.25, -0.2) is 9.97 Å². The molecule has 0 aliphatic carbocycles. The lowest BCUT2D eigenvalue weighted by molar-refractivity contribution is 0.669. The lowest BCUT2D eigenvalue weighted by Crippen LogP contribution is -1.96. The van der Waals surface area contributed by atoms with Crippen molar-refractivity contribution in [2.45, 2.75) is 0 Å². The normalized spacial score (nSPS) is 12.6. The second-order valence-corrected chi connectivity index (χ2v) is 12.9. The quantitative estimate of drug-likeness (QED) is 0.196. The first-order valence-electron chi connectivity index (χ1n) is 16.3. The molecule has 0 amide bonds. The highest BCUT2D eigenvalue weighted by Gasteiger charge is 2.29. The summed E-state index contributed by atoms with van der Waals surface area (Å²) in [6, 6.07) is 49.6. The van der Waals surface area contributed by atoms with Crippen LogP contribution in [0.5, 0.6) is 0 Å². The summed E-state index contributed by atoms with van der Waals surface area (Å²) in [4.78, 5) is 10.5. The van der Waals surface area contributed by atoms with E-state index in [4.69, 9.17) is 14.4 Å². The second-order valence-electron chi connectivity index (χ2n) is 12.9. The van der Waals surface area contributed by atoms with Gasteiger partial charge in [-0.05, 0) is 41.5 Å². The molecular formula is C44H23N3O. The van der Waals surface area contributed by atoms with Gasteiger partial charge < -0.3 is 8.82 Å². The molecule has 5 heterocycles. The van der Waals surface area contributed by atoms with Crippen molar-refractivity contribution in [3.05, 3.63) is 140 Å². The Kier molecular flexibility index (Phi) is 4.44. The summed E-state index contributed by atoms with van der Waals surface area (Å²) < 4.78 is 9.09. The van der Waals surface area contributed by atoms with E-state index in [1.54, 1.807) is 0 Å². The third kappa shape index (κ3) is 2.96. The highest BCUT2D eigenvalue weighted by molar-refractivity contribution is 6.36. The molecule has 0 spiro atoms. The molecule has 7 aromatic carbocycles. The van der Waals surface area contributed by atoms with Crippen molar-refractivity contribution in [3.8, 4) is 44.9 Å². The Morgan fingerprint density at radius 3 is 2.00 bits per heavy atom. The fraction of sp³-hybridized carbons (Fsp3) is 0. The van der Waals surface area contributed by atoms with E-state index in [-0.39, 0.29) is 0 Å². The predicted molar refractivity (Wildman–Crippen MR) is 197 cm³/mol. The molecule has 1 aliphatic heterocycles. The highest BCUT2D eigenvalue weighted by Crippen LogP contribution is 2.53. The average molecular weight is 610 g/mol. The summed E-state index contributed by atoms with van der Waals surface area (Å²) in [7, 11) is 0. The molecule has 0 bridgehead atoms. The number of aromatic nitrogens is 3. The number of furan rings is 1. The Morgan fingerprint density at radius 1 is 0.417 bits per heavy atom. The number of fused-ring (bicyclic) bond motifs is 10. The molecule has 1 aliphatic rings. The summed E-state index contributed by atoms with van der Waals surface area (Å²) in [6.45, 7) is 0. The van der Waals surface area contributed by atoms with Crippen LogP contribution in [0, 0.1) is 0 Å². The number of hydrogen-bond donors (Lipinski definition) is 0. The standard InChI is InChI=1S/C44H23N3O/c1-2-11-24(12-3-1)40-29-15-6-8-19-35(29)45-44(46-40)25-21-32-26-13-4-5-14-27(26)34-23-37-38(30-16-7-9-20-36(30)48-37)39-31-18-10-17-28-33(22-25)42(32)47(41(28)31)43(34)39/h1-23H. The molecule has 4 heteroatoms. The van der Waals surface area contributed by atoms with Crippen LogP contribution in [0.4, 0.5) is 0 Å². The van der Waals surface area contributed by atoms with E-state index in [0.29, 0.717) is 0 Å². The largest absolute Gasteiger partial charge is 0.456 e. The lowest BCUT2D eigenvalue weighted by Gasteiger charge is -2.13. The first-order chi connectivity index (χ1) is 23.8. The maximum Gasteiger partial charge on any atom is 0.160 e. The summed E-state index contributed by atoms with van der Waals surface area (Å²) in [5.74, 6) is 0.726. The number of hydrogen-bond acceptors (Lipinski definition) is 3. The van der Waals surface area contributed by atoms with Gasteiger partial charge >= 0.3 is 0 Å². The van der Waals surface area contributed by atoms with Gasteiger partial charge in [-0.2, -0.15) is 0 Å². The van der Waals surface area contributed by atoms with Gasteiger partial charge in [0.25, 0.3) is 0 Å². The lowest BCUT2D eigenvalue weighted by atomic mass is 9.91. The van der Waals surface area contributed by atoms with Crippen molar-refractivity contribution in [2.24, 2.45) is 0 Å². The summed E-state index contributed by atoms with van der Waals surface area (Å²) in [5.41, 5.74) is 14.3. The molecule has 12 rings (SSSR count). The molecule has 4 nitrogen and oxygen atoms in total. The van der Waals surface area contributed by atoms with Gasteiger partial charge in [-0.3, -0.25) is 0 Å². The van der Waals surface area contributed by atoms with E-state index >= 15 is 0 Å². The van der Waals surface area contributed by atoms with Crippen molar-refractivity contribution in [1.29, 1.82) is 0 Å². The molecule has 0 atom stereocenters. The van der Waals surface area contributed by atoms with Gasteiger partial charge in [0.05, 0.1) is 27.8 Å². The maximum absolute atomic E-state index is 6.56. The van der Waals surface area contributed by atoms with Gasteiger partial charge in [0, 0.05) is 60.0 Å². The second kappa shape index (κ2) is 8.64. The molecule has 0 unspecified atom stereocenters. The van der Waals surface area contributed by atoms with E-state index in [1.165, 1.54) is 65.7 Å². The van der Waals surface area contributed by atoms with Crippen LogP contribution in [0.25, 0.3) is 116 Å². The molecule has 0 saturated heterocycles. The van der Waals surface area contributed by atoms with Crippen molar-refractivity contribution in [2.75, 3.05) is 0 Å². The molecular weight excluding hydrogens is 587 g/mol. The van der Waals surface area contributed by atoms with E-state index < -0.39 is 0 Å². The Morgan fingerprint density at radius 2 is 1.12 bits per heavy atom. The Labute approximate surface area is 273 Å². The van der Waals surface area contributed by atoms with Crippen molar-refractivity contribution < 1.29 is 4.42 Å². The molecule has 0 N–H and O–H groups in total. The molecule has 0 saturated carbocycles. The van der Waals surface area contributed by atoms with Gasteiger partial charge in [0.2, 0.25) is 0 Å². The van der Waals surface area contributed by atoms with Gasteiger partial charge in [0.15, 0.2) is 5.82 Å². The molecule has 0 fully saturated rings. The predicted octanol–water partition coefficient (Wildman–Crippen LogP) is 11.7. The molecule has 48 heavy (non-hydrogen) atoms. The van der Waals surface area contributed by atoms with Crippen LogP contribution in [-0.4, -0.2) is 14.4 Å². The van der Waals surface area contributed by atoms with E-state index in [2.05, 4.69) is 132 Å². The van der Waals surface area contributed by atoms with E-state index in [9.17, 15) is 0 Å². The Hall–Kier alpha value is -6.52. The number of para-hydroxylation sites is 3. The topological polar surface area (TPSA) is 43.3 Å². The average Bonchev–Trinajstić information content (AvgIpc) is 3.78. The SMILES string of the molecule is c1ccc(-c2nc(-c3cc4c5c(c3)c3cccc6c7c8c(cc(c7n5c36)-c3ccccc3-4)oc3ccccc38)nc3ccccc23)cc1. The zero-order chi connectivity index (χ0) is 31.1. The van der Waals surface area contributed by atoms with E-state index in [0.717, 1.165) is 50.1 Å². The van der Waals surface area contributed by atoms with Crippen molar-refractivity contribution in [1.82, 2.24) is 14.4 Å². The van der Waals surface area contributed by atoms with Gasteiger partial charge in [0.1, 0.15) is 11.2 Å². The Bertz CT molecular complexity index is 3170. The van der Waals surface area contributed by atoms with Crippen LogP contribution in [-0.2, 0) is 0 Å². The van der Waals surface area contributed by atoms with Gasteiger partial charge in [-0.1, -0.05) is 109 Å². The van der Waals surface area contributed by atoms with Crippen LogP contribution < -0.4 is 0 Å². The summed E-state index contributed by atoms with van der Waals surface area (Å²) >= 11 is 0. The van der Waals surface area contributed by atoms with E-state index in [1.807, 2.05) is 12.1 Å². The minimum Gasteiger partial charge on any atom is -0.456 e. The van der Waals surface area contributed by atoms with Crippen LogP contribution in [0.1, 0.15) is 0 Å². The Balaban J connectivity index is 1.27. The summed E-state index contributed by atoms with van der Waals surface area (Å²) in [6.07, 6.45) is 0. The van der Waals surface area contributed by atoms with Crippen molar-refractivity contribution in [3.63, 3.8) is 0 Å².